The molecule has 0 saturated carbocycles. The van der Waals surface area contributed by atoms with E-state index in [1.165, 1.54) is 17.7 Å². The van der Waals surface area contributed by atoms with Crippen molar-refractivity contribution in [1.82, 2.24) is 10.3 Å². The Bertz CT molecular complexity index is 919. The van der Waals surface area contributed by atoms with Crippen LogP contribution < -0.4 is 5.32 Å². The molecule has 1 unspecified atom stereocenters. The lowest BCUT2D eigenvalue weighted by molar-refractivity contribution is -0.124. The predicted molar refractivity (Wildman–Crippen MR) is 99.9 cm³/mol. The van der Waals surface area contributed by atoms with Gasteiger partial charge in [0.15, 0.2) is 0 Å². The number of hydrogen-bond donors (Lipinski definition) is 1. The third-order valence-corrected chi connectivity index (χ3v) is 5.53. The maximum absolute atomic E-state index is 13.0. The molecule has 1 aliphatic rings. The Balaban J connectivity index is 1.27. The van der Waals surface area contributed by atoms with Crippen LogP contribution in [0, 0.1) is 5.82 Å². The van der Waals surface area contributed by atoms with Crippen molar-refractivity contribution in [2.45, 2.75) is 25.4 Å². The van der Waals surface area contributed by atoms with E-state index in [1.54, 1.807) is 29.7 Å². The molecular formula is C20H19FN2O3S. The van der Waals surface area contributed by atoms with Crippen molar-refractivity contribution < 1.29 is 18.3 Å². The van der Waals surface area contributed by atoms with Gasteiger partial charge in [-0.05, 0) is 47.7 Å². The van der Waals surface area contributed by atoms with Gasteiger partial charge in [0.1, 0.15) is 18.2 Å². The standard InChI is InChI=1S/C20H19FN2O3S/c21-15-3-1-14(2-4-15)20-23-16(12-26-20)5-8-22-18(24)11-17-19-13(6-9-25-17)7-10-27-19/h1-4,7,10,12,17H,5-6,8-9,11H2,(H,22,24). The first-order chi connectivity index (χ1) is 13.2. The summed E-state index contributed by atoms with van der Waals surface area (Å²) in [6.07, 6.45) is 3.22. The van der Waals surface area contributed by atoms with Crippen LogP contribution in [0.5, 0.6) is 0 Å². The minimum atomic E-state index is -0.301. The molecule has 3 heterocycles. The Morgan fingerprint density at radius 1 is 1.30 bits per heavy atom. The second-order valence-corrected chi connectivity index (χ2v) is 7.32. The number of nitrogens with one attached hydrogen (secondary N) is 1. The summed E-state index contributed by atoms with van der Waals surface area (Å²) in [6, 6.07) is 8.08. The van der Waals surface area contributed by atoms with Gasteiger partial charge in [0.2, 0.25) is 11.8 Å². The lowest BCUT2D eigenvalue weighted by atomic mass is 10.1. The number of hydrogen-bond acceptors (Lipinski definition) is 5. The fourth-order valence-corrected chi connectivity index (χ4v) is 4.10. The number of rotatable bonds is 6. The number of amides is 1. The monoisotopic (exact) mass is 386 g/mol. The maximum Gasteiger partial charge on any atom is 0.226 e. The summed E-state index contributed by atoms with van der Waals surface area (Å²) in [4.78, 5) is 17.8. The van der Waals surface area contributed by atoms with Gasteiger partial charge in [0.25, 0.3) is 0 Å². The van der Waals surface area contributed by atoms with Crippen molar-refractivity contribution in [2.24, 2.45) is 0 Å². The van der Waals surface area contributed by atoms with Crippen molar-refractivity contribution in [3.8, 4) is 11.5 Å². The Morgan fingerprint density at radius 2 is 2.15 bits per heavy atom. The van der Waals surface area contributed by atoms with Crippen LogP contribution in [-0.2, 0) is 22.4 Å². The average Bonchev–Trinajstić information content (AvgIpc) is 3.32. The van der Waals surface area contributed by atoms with Crippen LogP contribution in [0.15, 0.2) is 46.4 Å². The van der Waals surface area contributed by atoms with E-state index in [0.717, 1.165) is 17.0 Å². The smallest absolute Gasteiger partial charge is 0.226 e. The summed E-state index contributed by atoms with van der Waals surface area (Å²) >= 11 is 1.65. The zero-order valence-corrected chi connectivity index (χ0v) is 15.4. The number of nitrogens with zero attached hydrogens (tertiary/aromatic N) is 1. The van der Waals surface area contributed by atoms with Crippen molar-refractivity contribution in [1.29, 1.82) is 0 Å². The molecule has 0 aliphatic carbocycles. The number of carbonyl (C=O) groups is 1. The highest BCUT2D eigenvalue weighted by Gasteiger charge is 2.24. The van der Waals surface area contributed by atoms with Crippen LogP contribution in [0.2, 0.25) is 0 Å². The summed E-state index contributed by atoms with van der Waals surface area (Å²) in [5, 5.41) is 4.96. The fraction of sp³-hybridized carbons (Fsp3) is 0.300. The van der Waals surface area contributed by atoms with Crippen molar-refractivity contribution in [3.63, 3.8) is 0 Å². The first-order valence-electron chi connectivity index (χ1n) is 8.84. The number of oxazole rings is 1. The van der Waals surface area contributed by atoms with E-state index in [1.807, 2.05) is 5.38 Å². The average molecular weight is 386 g/mol. The second kappa shape index (κ2) is 8.02. The van der Waals surface area contributed by atoms with Gasteiger partial charge in [-0.15, -0.1) is 11.3 Å². The van der Waals surface area contributed by atoms with Gasteiger partial charge in [0, 0.05) is 23.4 Å². The molecule has 2 aromatic heterocycles. The first-order valence-corrected chi connectivity index (χ1v) is 9.72. The molecule has 1 aliphatic heterocycles. The number of halogens is 1. The molecule has 1 atom stereocenters. The van der Waals surface area contributed by atoms with Crippen LogP contribution in [0.3, 0.4) is 0 Å². The molecule has 1 N–H and O–H groups in total. The van der Waals surface area contributed by atoms with E-state index >= 15 is 0 Å². The van der Waals surface area contributed by atoms with Gasteiger partial charge in [-0.1, -0.05) is 0 Å². The van der Waals surface area contributed by atoms with E-state index in [9.17, 15) is 9.18 Å². The number of carbonyl (C=O) groups excluding carboxylic acids is 1. The lowest BCUT2D eigenvalue weighted by Gasteiger charge is -2.22. The van der Waals surface area contributed by atoms with E-state index in [-0.39, 0.29) is 17.8 Å². The molecule has 3 aromatic rings. The van der Waals surface area contributed by atoms with Crippen molar-refractivity contribution >= 4 is 17.2 Å². The summed E-state index contributed by atoms with van der Waals surface area (Å²) in [7, 11) is 0. The van der Waals surface area contributed by atoms with E-state index in [2.05, 4.69) is 16.4 Å². The summed E-state index contributed by atoms with van der Waals surface area (Å²) in [5.41, 5.74) is 2.75. The zero-order chi connectivity index (χ0) is 18.6. The highest BCUT2D eigenvalue weighted by atomic mass is 32.1. The highest BCUT2D eigenvalue weighted by Crippen LogP contribution is 2.33. The van der Waals surface area contributed by atoms with E-state index < -0.39 is 0 Å². The number of aromatic nitrogens is 1. The quantitative estimate of drug-likeness (QED) is 0.698. The van der Waals surface area contributed by atoms with Gasteiger partial charge in [-0.25, -0.2) is 9.37 Å². The first kappa shape index (κ1) is 17.9. The maximum atomic E-state index is 13.0. The van der Waals surface area contributed by atoms with Gasteiger partial charge < -0.3 is 14.5 Å². The zero-order valence-electron chi connectivity index (χ0n) is 14.6. The second-order valence-electron chi connectivity index (χ2n) is 6.37. The highest BCUT2D eigenvalue weighted by molar-refractivity contribution is 7.10. The van der Waals surface area contributed by atoms with Crippen LogP contribution in [0.4, 0.5) is 4.39 Å². The normalized spacial score (nSPS) is 16.1. The van der Waals surface area contributed by atoms with Gasteiger partial charge in [-0.3, -0.25) is 4.79 Å². The minimum Gasteiger partial charge on any atom is -0.444 e. The predicted octanol–water partition coefficient (Wildman–Crippen LogP) is 3.91. The molecule has 0 spiro atoms. The molecule has 0 fully saturated rings. The molecule has 7 heteroatoms. The van der Waals surface area contributed by atoms with E-state index in [4.69, 9.17) is 9.15 Å². The van der Waals surface area contributed by atoms with Crippen molar-refractivity contribution in [2.75, 3.05) is 13.2 Å². The van der Waals surface area contributed by atoms with Crippen LogP contribution in [-0.4, -0.2) is 24.0 Å². The topological polar surface area (TPSA) is 64.4 Å². The Kier molecular flexibility index (Phi) is 5.31. The molecule has 1 amide bonds. The lowest BCUT2D eigenvalue weighted by Crippen LogP contribution is -2.28. The third-order valence-electron chi connectivity index (χ3n) is 4.48. The Hall–Kier alpha value is -2.51. The molecule has 4 rings (SSSR count). The van der Waals surface area contributed by atoms with Gasteiger partial charge in [-0.2, -0.15) is 0 Å². The molecule has 0 radical (unpaired) electrons. The molecule has 5 nitrogen and oxygen atoms in total. The fourth-order valence-electron chi connectivity index (χ4n) is 3.09. The van der Waals surface area contributed by atoms with Crippen LogP contribution >= 0.6 is 11.3 Å². The summed E-state index contributed by atoms with van der Waals surface area (Å²) < 4.78 is 24.2. The molecule has 140 valence electrons. The van der Waals surface area contributed by atoms with Crippen LogP contribution in [0.25, 0.3) is 11.5 Å². The number of benzene rings is 1. The van der Waals surface area contributed by atoms with E-state index in [0.29, 0.717) is 37.4 Å². The van der Waals surface area contributed by atoms with Gasteiger partial charge >= 0.3 is 0 Å². The summed E-state index contributed by atoms with van der Waals surface area (Å²) in [6.45, 7) is 1.13. The molecule has 0 saturated heterocycles. The Labute approximate surface area is 160 Å². The van der Waals surface area contributed by atoms with Crippen molar-refractivity contribution in [3.05, 3.63) is 63.9 Å². The molecule has 0 bridgehead atoms. The number of ether oxygens (including phenoxy) is 1. The van der Waals surface area contributed by atoms with Gasteiger partial charge in [0.05, 0.1) is 18.7 Å². The Morgan fingerprint density at radius 3 is 3.00 bits per heavy atom. The molecular weight excluding hydrogens is 367 g/mol. The third kappa shape index (κ3) is 4.26. The van der Waals surface area contributed by atoms with Crippen LogP contribution in [0.1, 0.15) is 28.7 Å². The summed E-state index contributed by atoms with van der Waals surface area (Å²) in [5.74, 6) is 0.102. The molecule has 1 aromatic carbocycles. The SMILES string of the molecule is O=C(CC1OCCc2ccsc21)NCCc1coc(-c2ccc(F)cc2)n1. The molecule has 27 heavy (non-hydrogen) atoms. The number of fused-ring (bicyclic) bond motifs is 1. The number of thiophene rings is 1. The largest absolute Gasteiger partial charge is 0.444 e. The minimum absolute atomic E-state index is 0.0384.